The van der Waals surface area contributed by atoms with Crippen molar-refractivity contribution in [3.05, 3.63) is 47.9 Å². The molecule has 0 aliphatic rings. The van der Waals surface area contributed by atoms with Crippen LogP contribution in [0.1, 0.15) is 12.1 Å². The third-order valence-electron chi connectivity index (χ3n) is 3.38. The molecule has 6 heteroatoms. The molecule has 0 saturated carbocycles. The van der Waals surface area contributed by atoms with E-state index in [0.717, 1.165) is 41.4 Å². The van der Waals surface area contributed by atoms with Gasteiger partial charge in [0.05, 0.1) is 5.69 Å². The number of hydrogen-bond donors (Lipinski definition) is 2. The lowest BCUT2D eigenvalue weighted by atomic mass is 10.1. The maximum atomic E-state index is 13.0. The van der Waals surface area contributed by atoms with E-state index in [1.165, 1.54) is 12.1 Å². The Morgan fingerprint density at radius 1 is 1.23 bits per heavy atom. The maximum absolute atomic E-state index is 13.0. The quantitative estimate of drug-likeness (QED) is 0.711. The first-order valence-corrected chi connectivity index (χ1v) is 7.24. The van der Waals surface area contributed by atoms with Gasteiger partial charge in [-0.05, 0) is 44.2 Å². The largest absolute Gasteiger partial charge is 0.370 e. The lowest BCUT2D eigenvalue weighted by molar-refractivity contribution is 0.628. The van der Waals surface area contributed by atoms with Crippen molar-refractivity contribution in [3.63, 3.8) is 0 Å². The number of nitrogens with zero attached hydrogens (tertiary/aromatic N) is 3. The molecule has 0 bridgehead atoms. The number of aryl methyl sites for hydroxylation is 1. The third-order valence-corrected chi connectivity index (χ3v) is 3.38. The fraction of sp³-hybridized carbons (Fsp3) is 0.250. The molecule has 0 aliphatic carbocycles. The van der Waals surface area contributed by atoms with Crippen LogP contribution in [0.25, 0.3) is 16.9 Å². The van der Waals surface area contributed by atoms with Crippen LogP contribution in [0.2, 0.25) is 0 Å². The Bertz CT molecular complexity index is 779. The van der Waals surface area contributed by atoms with Gasteiger partial charge < -0.3 is 11.1 Å². The highest BCUT2D eigenvalue weighted by Crippen LogP contribution is 2.22. The van der Waals surface area contributed by atoms with Crippen molar-refractivity contribution in [3.8, 4) is 11.3 Å². The van der Waals surface area contributed by atoms with E-state index in [-0.39, 0.29) is 5.82 Å². The highest BCUT2D eigenvalue weighted by molar-refractivity contribution is 5.65. The van der Waals surface area contributed by atoms with Crippen LogP contribution < -0.4 is 11.1 Å². The Kier molecular flexibility index (Phi) is 4.02. The van der Waals surface area contributed by atoms with E-state index in [0.29, 0.717) is 6.54 Å². The summed E-state index contributed by atoms with van der Waals surface area (Å²) in [7, 11) is 0. The molecule has 3 aromatic rings. The van der Waals surface area contributed by atoms with Crippen LogP contribution in [-0.4, -0.2) is 27.7 Å². The van der Waals surface area contributed by atoms with Crippen molar-refractivity contribution in [2.75, 3.05) is 18.4 Å². The first kappa shape index (κ1) is 14.5. The van der Waals surface area contributed by atoms with Crippen LogP contribution in [0.5, 0.6) is 0 Å². The van der Waals surface area contributed by atoms with Crippen LogP contribution >= 0.6 is 0 Å². The standard InChI is InChI=1S/C16H18FN5/c1-11-9-15(19-8-2-7-18)22-16(20-11)10-14(21-22)12-3-5-13(17)6-4-12/h3-6,9-10,19H,2,7-8,18H2,1H3. The van der Waals surface area contributed by atoms with Crippen LogP contribution in [0.4, 0.5) is 10.2 Å². The Morgan fingerprint density at radius 3 is 2.73 bits per heavy atom. The zero-order chi connectivity index (χ0) is 15.5. The van der Waals surface area contributed by atoms with Gasteiger partial charge in [-0.25, -0.2) is 9.37 Å². The summed E-state index contributed by atoms with van der Waals surface area (Å²) in [4.78, 5) is 4.49. The van der Waals surface area contributed by atoms with Crippen molar-refractivity contribution < 1.29 is 4.39 Å². The molecule has 3 N–H and O–H groups in total. The fourth-order valence-corrected chi connectivity index (χ4v) is 2.31. The topological polar surface area (TPSA) is 68.2 Å². The van der Waals surface area contributed by atoms with E-state index >= 15 is 0 Å². The molecule has 2 aromatic heterocycles. The van der Waals surface area contributed by atoms with Gasteiger partial charge >= 0.3 is 0 Å². The average molecular weight is 299 g/mol. The minimum Gasteiger partial charge on any atom is -0.370 e. The van der Waals surface area contributed by atoms with Gasteiger partial charge in [0, 0.05) is 29.9 Å². The third kappa shape index (κ3) is 2.92. The van der Waals surface area contributed by atoms with Gasteiger partial charge in [-0.1, -0.05) is 0 Å². The zero-order valence-corrected chi connectivity index (χ0v) is 12.4. The summed E-state index contributed by atoms with van der Waals surface area (Å²) in [5, 5.41) is 7.89. The summed E-state index contributed by atoms with van der Waals surface area (Å²) < 4.78 is 14.8. The molecule has 0 fully saturated rings. The number of halogens is 1. The van der Waals surface area contributed by atoms with E-state index in [4.69, 9.17) is 5.73 Å². The maximum Gasteiger partial charge on any atom is 0.158 e. The number of rotatable bonds is 5. The van der Waals surface area contributed by atoms with Crippen molar-refractivity contribution in [2.24, 2.45) is 5.73 Å². The Balaban J connectivity index is 2.01. The Hall–Kier alpha value is -2.47. The van der Waals surface area contributed by atoms with Gasteiger partial charge in [0.15, 0.2) is 5.65 Å². The lowest BCUT2D eigenvalue weighted by Crippen LogP contribution is -2.11. The molecule has 0 unspecified atom stereocenters. The molecule has 114 valence electrons. The van der Waals surface area contributed by atoms with Gasteiger partial charge in [0.25, 0.3) is 0 Å². The summed E-state index contributed by atoms with van der Waals surface area (Å²) in [6.45, 7) is 3.36. The first-order valence-electron chi connectivity index (χ1n) is 7.24. The number of aromatic nitrogens is 3. The lowest BCUT2D eigenvalue weighted by Gasteiger charge is -2.08. The highest BCUT2D eigenvalue weighted by Gasteiger charge is 2.09. The summed E-state index contributed by atoms with van der Waals surface area (Å²) in [5.41, 5.74) is 8.81. The molecule has 2 heterocycles. The first-order chi connectivity index (χ1) is 10.7. The number of anilines is 1. The second-order valence-corrected chi connectivity index (χ2v) is 5.16. The molecule has 0 spiro atoms. The molecule has 3 rings (SSSR count). The van der Waals surface area contributed by atoms with Crippen molar-refractivity contribution in [2.45, 2.75) is 13.3 Å². The Labute approximate surface area is 128 Å². The van der Waals surface area contributed by atoms with E-state index in [1.807, 2.05) is 19.1 Å². The van der Waals surface area contributed by atoms with E-state index < -0.39 is 0 Å². The van der Waals surface area contributed by atoms with E-state index in [2.05, 4.69) is 15.4 Å². The Morgan fingerprint density at radius 2 is 2.00 bits per heavy atom. The summed E-state index contributed by atoms with van der Waals surface area (Å²) in [6, 6.07) is 10.1. The highest BCUT2D eigenvalue weighted by atomic mass is 19.1. The molecule has 1 aromatic carbocycles. The van der Waals surface area contributed by atoms with Gasteiger partial charge in [-0.15, -0.1) is 0 Å². The van der Waals surface area contributed by atoms with Gasteiger partial charge in [-0.2, -0.15) is 9.61 Å². The monoisotopic (exact) mass is 299 g/mol. The minimum atomic E-state index is -0.259. The predicted octanol–water partition coefficient (Wildman–Crippen LogP) is 2.60. The normalized spacial score (nSPS) is 11.0. The number of nitrogens with two attached hydrogens (primary N) is 1. The minimum absolute atomic E-state index is 0.259. The smallest absolute Gasteiger partial charge is 0.158 e. The summed E-state index contributed by atoms with van der Waals surface area (Å²) in [6.07, 6.45) is 0.884. The molecule has 0 aliphatic heterocycles. The van der Waals surface area contributed by atoms with Gasteiger partial charge in [-0.3, -0.25) is 0 Å². The van der Waals surface area contributed by atoms with Crippen LogP contribution in [-0.2, 0) is 0 Å². The van der Waals surface area contributed by atoms with Crippen molar-refractivity contribution >= 4 is 11.5 Å². The van der Waals surface area contributed by atoms with Crippen LogP contribution in [0.15, 0.2) is 36.4 Å². The van der Waals surface area contributed by atoms with Crippen LogP contribution in [0.3, 0.4) is 0 Å². The second kappa shape index (κ2) is 6.11. The predicted molar refractivity (Wildman–Crippen MR) is 85.3 cm³/mol. The van der Waals surface area contributed by atoms with Gasteiger partial charge in [0.2, 0.25) is 0 Å². The average Bonchev–Trinajstić information content (AvgIpc) is 2.92. The van der Waals surface area contributed by atoms with E-state index in [9.17, 15) is 4.39 Å². The number of hydrogen-bond acceptors (Lipinski definition) is 4. The molecule has 0 amide bonds. The van der Waals surface area contributed by atoms with Gasteiger partial charge in [0.1, 0.15) is 11.6 Å². The van der Waals surface area contributed by atoms with E-state index in [1.54, 1.807) is 16.6 Å². The zero-order valence-electron chi connectivity index (χ0n) is 12.4. The second-order valence-electron chi connectivity index (χ2n) is 5.16. The fourth-order valence-electron chi connectivity index (χ4n) is 2.31. The number of benzene rings is 1. The van der Waals surface area contributed by atoms with Crippen molar-refractivity contribution in [1.29, 1.82) is 0 Å². The number of nitrogens with one attached hydrogen (secondary N) is 1. The van der Waals surface area contributed by atoms with Crippen molar-refractivity contribution in [1.82, 2.24) is 14.6 Å². The molecule has 5 nitrogen and oxygen atoms in total. The SMILES string of the molecule is Cc1cc(NCCCN)n2nc(-c3ccc(F)cc3)cc2n1. The molecular weight excluding hydrogens is 281 g/mol. The molecular formula is C16H18FN5. The van der Waals surface area contributed by atoms with Crippen LogP contribution in [0, 0.1) is 12.7 Å². The molecule has 0 atom stereocenters. The molecule has 22 heavy (non-hydrogen) atoms. The molecule has 0 saturated heterocycles. The summed E-state index contributed by atoms with van der Waals surface area (Å²) in [5.74, 6) is 0.620. The summed E-state index contributed by atoms with van der Waals surface area (Å²) >= 11 is 0. The number of fused-ring (bicyclic) bond motifs is 1. The molecule has 0 radical (unpaired) electrons.